The van der Waals surface area contributed by atoms with E-state index in [0.29, 0.717) is 15.6 Å². The Morgan fingerprint density at radius 2 is 2.36 bits per heavy atom. The van der Waals surface area contributed by atoms with Gasteiger partial charge in [-0.05, 0) is 13.0 Å². The molecule has 2 rings (SSSR count). The highest BCUT2D eigenvalue weighted by Gasteiger charge is 2.09. The second kappa shape index (κ2) is 7.10. The Balaban J connectivity index is 1.98. The molecule has 1 aromatic carbocycles. The monoisotopic (exact) mass is 338 g/mol. The maximum atomic E-state index is 11.7. The summed E-state index contributed by atoms with van der Waals surface area (Å²) in [6.45, 7) is 1.85. The molecule has 0 unspecified atom stereocenters. The number of aromatic nitrogens is 1. The smallest absolute Gasteiger partial charge is 0.270 e. The second-order valence-corrected chi connectivity index (χ2v) is 5.67. The molecule has 7 nitrogen and oxygen atoms in total. The number of non-ortho nitro benzene ring substituents is 1. The van der Waals surface area contributed by atoms with E-state index in [4.69, 9.17) is 11.6 Å². The van der Waals surface area contributed by atoms with Gasteiger partial charge in [0, 0.05) is 33.8 Å². The molecule has 0 fully saturated rings. The van der Waals surface area contributed by atoms with Crippen molar-refractivity contribution < 1.29 is 9.72 Å². The molecule has 0 radical (unpaired) electrons. The quantitative estimate of drug-likeness (QED) is 0.515. The van der Waals surface area contributed by atoms with Gasteiger partial charge in [0.1, 0.15) is 5.01 Å². The molecule has 114 valence electrons. The van der Waals surface area contributed by atoms with E-state index in [2.05, 4.69) is 15.5 Å². The molecule has 0 atom stereocenters. The molecular formula is C13H11ClN4O3S. The summed E-state index contributed by atoms with van der Waals surface area (Å²) in [5, 5.41) is 17.3. The van der Waals surface area contributed by atoms with Gasteiger partial charge >= 0.3 is 0 Å². The van der Waals surface area contributed by atoms with E-state index in [1.807, 2.05) is 12.3 Å². The molecular weight excluding hydrogens is 328 g/mol. The molecule has 22 heavy (non-hydrogen) atoms. The summed E-state index contributed by atoms with van der Waals surface area (Å²) >= 11 is 7.31. The number of aryl methyl sites for hydroxylation is 1. The van der Waals surface area contributed by atoms with Crippen molar-refractivity contribution in [3.05, 3.63) is 55.0 Å². The number of rotatable bonds is 5. The van der Waals surface area contributed by atoms with Crippen molar-refractivity contribution in [2.24, 2.45) is 5.10 Å². The Hall–Kier alpha value is -2.32. The van der Waals surface area contributed by atoms with Crippen molar-refractivity contribution >= 4 is 40.7 Å². The average molecular weight is 339 g/mol. The molecule has 0 saturated carbocycles. The number of carbonyl (C=O) groups is 1. The lowest BCUT2D eigenvalue weighted by Crippen LogP contribution is -2.19. The number of benzene rings is 1. The van der Waals surface area contributed by atoms with Crippen LogP contribution in [-0.4, -0.2) is 22.0 Å². The molecule has 1 heterocycles. The first kappa shape index (κ1) is 16.1. The summed E-state index contributed by atoms with van der Waals surface area (Å²) in [6.07, 6.45) is 1.39. The van der Waals surface area contributed by atoms with Crippen LogP contribution in [0, 0.1) is 17.0 Å². The third-order valence-corrected chi connectivity index (χ3v) is 3.87. The van der Waals surface area contributed by atoms with Crippen LogP contribution in [0.25, 0.3) is 0 Å². The first-order valence-electron chi connectivity index (χ1n) is 6.12. The number of thiazole rings is 1. The lowest BCUT2D eigenvalue weighted by Gasteiger charge is -1.99. The highest BCUT2D eigenvalue weighted by molar-refractivity contribution is 7.09. The molecule has 0 bridgehead atoms. The van der Waals surface area contributed by atoms with Gasteiger partial charge in [0.05, 0.1) is 17.6 Å². The largest absolute Gasteiger partial charge is 0.273 e. The second-order valence-electron chi connectivity index (χ2n) is 4.32. The van der Waals surface area contributed by atoms with Crippen LogP contribution in [0.4, 0.5) is 5.69 Å². The normalized spacial score (nSPS) is 10.8. The molecule has 1 N–H and O–H groups in total. The van der Waals surface area contributed by atoms with E-state index in [9.17, 15) is 14.9 Å². The fourth-order valence-corrected chi connectivity index (χ4v) is 2.51. The Morgan fingerprint density at radius 3 is 3.00 bits per heavy atom. The van der Waals surface area contributed by atoms with Gasteiger partial charge in [-0.2, -0.15) is 5.10 Å². The van der Waals surface area contributed by atoms with Crippen LogP contribution in [0.15, 0.2) is 28.7 Å². The van der Waals surface area contributed by atoms with Gasteiger partial charge in [-0.25, -0.2) is 10.4 Å². The highest BCUT2D eigenvalue weighted by atomic mass is 35.5. The van der Waals surface area contributed by atoms with Crippen molar-refractivity contribution in [2.45, 2.75) is 13.3 Å². The third-order valence-electron chi connectivity index (χ3n) is 2.56. The Bertz CT molecular complexity index is 745. The third kappa shape index (κ3) is 4.34. The van der Waals surface area contributed by atoms with Crippen LogP contribution in [0.5, 0.6) is 0 Å². The molecule has 0 saturated heterocycles. The minimum absolute atomic E-state index is 0.101. The highest BCUT2D eigenvalue weighted by Crippen LogP contribution is 2.20. The summed E-state index contributed by atoms with van der Waals surface area (Å²) in [7, 11) is 0. The van der Waals surface area contributed by atoms with E-state index in [1.165, 1.54) is 35.8 Å². The Morgan fingerprint density at radius 1 is 1.59 bits per heavy atom. The van der Waals surface area contributed by atoms with Crippen molar-refractivity contribution in [3.8, 4) is 0 Å². The molecule has 0 aliphatic rings. The van der Waals surface area contributed by atoms with Crippen molar-refractivity contribution in [2.75, 3.05) is 0 Å². The van der Waals surface area contributed by atoms with Crippen LogP contribution in [0.1, 0.15) is 16.3 Å². The van der Waals surface area contributed by atoms with Gasteiger partial charge in [0.25, 0.3) is 5.69 Å². The van der Waals surface area contributed by atoms with Gasteiger partial charge in [0.15, 0.2) is 0 Å². The molecule has 1 aromatic heterocycles. The number of halogens is 1. The fraction of sp³-hybridized carbons (Fsp3) is 0.154. The van der Waals surface area contributed by atoms with Crippen LogP contribution in [-0.2, 0) is 11.2 Å². The number of nitrogens with zero attached hydrogens (tertiary/aromatic N) is 3. The standard InChI is InChI=1S/C13H11ClN4O3S/c1-8-7-22-13(16-8)5-12(19)17-15-6-9-4-10(18(20)21)2-3-11(9)14/h2-4,6-7H,5H2,1H3,(H,17,19)/b15-6-. The van der Waals surface area contributed by atoms with Crippen molar-refractivity contribution in [3.63, 3.8) is 0 Å². The first-order valence-corrected chi connectivity index (χ1v) is 7.38. The molecule has 0 aliphatic heterocycles. The van der Waals surface area contributed by atoms with E-state index in [0.717, 1.165) is 5.69 Å². The van der Waals surface area contributed by atoms with Gasteiger partial charge in [-0.15, -0.1) is 11.3 Å². The maximum absolute atomic E-state index is 11.7. The molecule has 1 amide bonds. The van der Waals surface area contributed by atoms with Crippen molar-refractivity contribution in [1.29, 1.82) is 0 Å². The van der Waals surface area contributed by atoms with Crippen LogP contribution < -0.4 is 5.43 Å². The van der Waals surface area contributed by atoms with Crippen LogP contribution >= 0.6 is 22.9 Å². The van der Waals surface area contributed by atoms with Gasteiger partial charge in [-0.1, -0.05) is 11.6 Å². The van der Waals surface area contributed by atoms with Gasteiger partial charge in [-0.3, -0.25) is 14.9 Å². The minimum Gasteiger partial charge on any atom is -0.273 e. The zero-order valence-electron chi connectivity index (χ0n) is 11.4. The Kier molecular flexibility index (Phi) is 5.18. The van der Waals surface area contributed by atoms with Gasteiger partial charge in [0.2, 0.25) is 5.91 Å². The summed E-state index contributed by atoms with van der Waals surface area (Å²) in [6, 6.07) is 3.98. The summed E-state index contributed by atoms with van der Waals surface area (Å²) in [5.41, 5.74) is 3.44. The summed E-state index contributed by atoms with van der Waals surface area (Å²) < 4.78 is 0. The molecule has 0 spiro atoms. The van der Waals surface area contributed by atoms with E-state index in [-0.39, 0.29) is 18.0 Å². The molecule has 0 aliphatic carbocycles. The van der Waals surface area contributed by atoms with Crippen LogP contribution in [0.3, 0.4) is 0 Å². The lowest BCUT2D eigenvalue weighted by atomic mass is 10.2. The topological polar surface area (TPSA) is 97.5 Å². The average Bonchev–Trinajstić information content (AvgIpc) is 2.85. The maximum Gasteiger partial charge on any atom is 0.270 e. The van der Waals surface area contributed by atoms with Crippen molar-refractivity contribution in [1.82, 2.24) is 10.4 Å². The summed E-state index contributed by atoms with van der Waals surface area (Å²) in [4.78, 5) is 26.0. The number of nitrogens with one attached hydrogen (secondary N) is 1. The Labute approximate surface area is 134 Å². The van der Waals surface area contributed by atoms with E-state index < -0.39 is 4.92 Å². The fourth-order valence-electron chi connectivity index (χ4n) is 1.58. The molecule has 2 aromatic rings. The number of carbonyl (C=O) groups excluding carboxylic acids is 1. The van der Waals surface area contributed by atoms with Gasteiger partial charge < -0.3 is 0 Å². The zero-order valence-corrected chi connectivity index (χ0v) is 13.0. The summed E-state index contributed by atoms with van der Waals surface area (Å²) in [5.74, 6) is -0.327. The van der Waals surface area contributed by atoms with Crippen LogP contribution in [0.2, 0.25) is 5.02 Å². The number of hydrogen-bond acceptors (Lipinski definition) is 6. The number of hydrazone groups is 1. The first-order chi connectivity index (χ1) is 10.5. The lowest BCUT2D eigenvalue weighted by molar-refractivity contribution is -0.384. The predicted octanol–water partition coefficient (Wildman–Crippen LogP) is 2.71. The number of nitro benzene ring substituents is 1. The van der Waals surface area contributed by atoms with E-state index in [1.54, 1.807) is 0 Å². The number of hydrogen-bond donors (Lipinski definition) is 1. The molecule has 9 heteroatoms. The minimum atomic E-state index is -0.531. The number of amides is 1. The zero-order chi connectivity index (χ0) is 16.1. The van der Waals surface area contributed by atoms with E-state index >= 15 is 0 Å². The predicted molar refractivity (Wildman–Crippen MR) is 84.4 cm³/mol. The number of nitro groups is 1. The SMILES string of the molecule is Cc1csc(CC(=O)N/N=C\c2cc([N+](=O)[O-])ccc2Cl)n1.